The summed E-state index contributed by atoms with van der Waals surface area (Å²) < 4.78 is 5.50. The standard InChI is InChI=1S/C12H24NO2/c1-5-8-13(11(14)15-4)9-7-12(3,6-2)10-13/h5-10H2,1-4H3/q+1. The second-order valence-electron chi connectivity index (χ2n) is 5.13. The average Bonchev–Trinajstić information content (AvgIpc) is 2.58. The van der Waals surface area contributed by atoms with Crippen LogP contribution in [-0.4, -0.2) is 37.3 Å². The summed E-state index contributed by atoms with van der Waals surface area (Å²) in [5.41, 5.74) is 0.323. The molecule has 0 aliphatic carbocycles. The maximum atomic E-state index is 11.9. The summed E-state index contributed by atoms with van der Waals surface area (Å²) in [6, 6.07) is 0. The third kappa shape index (κ3) is 2.33. The van der Waals surface area contributed by atoms with Crippen LogP contribution in [0.1, 0.15) is 40.0 Å². The molecule has 1 amide bonds. The minimum atomic E-state index is -0.0472. The summed E-state index contributed by atoms with van der Waals surface area (Å²) in [7, 11) is 1.50. The fourth-order valence-corrected chi connectivity index (χ4v) is 2.72. The molecule has 0 aromatic heterocycles. The molecule has 1 aliphatic heterocycles. The molecule has 2 atom stereocenters. The molecule has 0 spiro atoms. The van der Waals surface area contributed by atoms with Crippen molar-refractivity contribution in [2.24, 2.45) is 5.41 Å². The van der Waals surface area contributed by atoms with Crippen LogP contribution in [0.15, 0.2) is 0 Å². The molecule has 0 bridgehead atoms. The van der Waals surface area contributed by atoms with Crippen LogP contribution in [-0.2, 0) is 4.74 Å². The lowest BCUT2D eigenvalue weighted by atomic mass is 9.87. The molecule has 15 heavy (non-hydrogen) atoms. The van der Waals surface area contributed by atoms with Gasteiger partial charge in [-0.3, -0.25) is 0 Å². The molecule has 0 N–H and O–H groups in total. The zero-order valence-electron chi connectivity index (χ0n) is 10.5. The zero-order valence-corrected chi connectivity index (χ0v) is 10.5. The summed E-state index contributed by atoms with van der Waals surface area (Å²) >= 11 is 0. The molecule has 1 saturated heterocycles. The summed E-state index contributed by atoms with van der Waals surface area (Å²) in [5.74, 6) is 0. The molecule has 1 fully saturated rings. The van der Waals surface area contributed by atoms with Gasteiger partial charge >= 0.3 is 6.09 Å². The van der Waals surface area contributed by atoms with E-state index in [0.717, 1.165) is 38.9 Å². The van der Waals surface area contributed by atoms with E-state index in [-0.39, 0.29) is 6.09 Å². The Bertz CT molecular complexity index is 242. The number of likely N-dealkylation sites (tertiary alicyclic amines) is 1. The highest BCUT2D eigenvalue weighted by atomic mass is 16.5. The van der Waals surface area contributed by atoms with Gasteiger partial charge in [-0.05, 0) is 12.8 Å². The van der Waals surface area contributed by atoms with Crippen LogP contribution in [0.2, 0.25) is 0 Å². The number of hydrogen-bond acceptors (Lipinski definition) is 2. The topological polar surface area (TPSA) is 26.3 Å². The smallest absolute Gasteiger partial charge is 0.423 e. The van der Waals surface area contributed by atoms with E-state index >= 15 is 0 Å². The Morgan fingerprint density at radius 2 is 2.13 bits per heavy atom. The largest absolute Gasteiger partial charge is 0.515 e. The minimum Gasteiger partial charge on any atom is -0.423 e. The fourth-order valence-electron chi connectivity index (χ4n) is 2.72. The Labute approximate surface area is 93.0 Å². The first-order valence-corrected chi connectivity index (χ1v) is 5.96. The highest BCUT2D eigenvalue weighted by molar-refractivity contribution is 5.59. The molecule has 3 nitrogen and oxygen atoms in total. The maximum Gasteiger partial charge on any atom is 0.515 e. The van der Waals surface area contributed by atoms with E-state index in [9.17, 15) is 4.79 Å². The monoisotopic (exact) mass is 214 g/mol. The van der Waals surface area contributed by atoms with Crippen LogP contribution in [0.3, 0.4) is 0 Å². The van der Waals surface area contributed by atoms with Crippen molar-refractivity contribution >= 4 is 6.09 Å². The average molecular weight is 214 g/mol. The number of hydrogen-bond donors (Lipinski definition) is 0. The third-order valence-corrected chi connectivity index (χ3v) is 3.89. The van der Waals surface area contributed by atoms with Gasteiger partial charge in [0.1, 0.15) is 0 Å². The van der Waals surface area contributed by atoms with Crippen molar-refractivity contribution in [2.45, 2.75) is 40.0 Å². The molecule has 1 aliphatic rings. The van der Waals surface area contributed by atoms with Crippen LogP contribution < -0.4 is 0 Å². The third-order valence-electron chi connectivity index (χ3n) is 3.89. The van der Waals surface area contributed by atoms with E-state index in [1.165, 1.54) is 7.11 Å². The van der Waals surface area contributed by atoms with Gasteiger partial charge in [0.25, 0.3) is 0 Å². The van der Waals surface area contributed by atoms with Gasteiger partial charge in [-0.15, -0.1) is 0 Å². The van der Waals surface area contributed by atoms with E-state index in [4.69, 9.17) is 4.74 Å². The summed E-state index contributed by atoms with van der Waals surface area (Å²) in [6.07, 6.45) is 3.27. The SMILES string of the molecule is CCC[N+]1(C(=O)OC)CCC(C)(CC)C1. The molecule has 0 aromatic rings. The normalized spacial score (nSPS) is 35.5. The fraction of sp³-hybridized carbons (Fsp3) is 0.917. The van der Waals surface area contributed by atoms with Crippen molar-refractivity contribution in [3.8, 4) is 0 Å². The summed E-state index contributed by atoms with van der Waals surface area (Å²) in [5, 5.41) is 0. The Balaban J connectivity index is 2.82. The second kappa shape index (κ2) is 4.52. The summed E-state index contributed by atoms with van der Waals surface area (Å²) in [4.78, 5) is 11.9. The lowest BCUT2D eigenvalue weighted by Gasteiger charge is -2.31. The van der Waals surface area contributed by atoms with E-state index < -0.39 is 0 Å². The highest BCUT2D eigenvalue weighted by Crippen LogP contribution is 2.38. The number of methoxy groups -OCH3 is 1. The van der Waals surface area contributed by atoms with E-state index in [2.05, 4.69) is 20.8 Å². The zero-order chi connectivity index (χ0) is 11.5. The van der Waals surface area contributed by atoms with Crippen molar-refractivity contribution in [3.63, 3.8) is 0 Å². The van der Waals surface area contributed by atoms with Gasteiger partial charge in [-0.1, -0.05) is 20.8 Å². The number of nitrogens with zero attached hydrogens (tertiary/aromatic N) is 1. The highest BCUT2D eigenvalue weighted by Gasteiger charge is 2.50. The number of carbonyl (C=O) groups excluding carboxylic acids is 1. The first kappa shape index (κ1) is 12.5. The number of ether oxygens (including phenoxy) is 1. The molecule has 1 heterocycles. The molecule has 0 aromatic carbocycles. The number of rotatable bonds is 3. The van der Waals surface area contributed by atoms with Crippen molar-refractivity contribution in [1.29, 1.82) is 0 Å². The van der Waals surface area contributed by atoms with Gasteiger partial charge < -0.3 is 4.74 Å². The van der Waals surface area contributed by atoms with Crippen LogP contribution >= 0.6 is 0 Å². The van der Waals surface area contributed by atoms with Crippen molar-refractivity contribution in [3.05, 3.63) is 0 Å². The Morgan fingerprint density at radius 1 is 1.47 bits per heavy atom. The minimum absolute atomic E-state index is 0.0472. The molecule has 88 valence electrons. The van der Waals surface area contributed by atoms with Crippen LogP contribution in [0.25, 0.3) is 0 Å². The van der Waals surface area contributed by atoms with Gasteiger partial charge in [0.05, 0.1) is 26.7 Å². The maximum absolute atomic E-state index is 11.9. The lowest BCUT2D eigenvalue weighted by Crippen LogP contribution is -2.52. The predicted octanol–water partition coefficient (Wildman–Crippen LogP) is 2.80. The number of carbonyl (C=O) groups is 1. The Morgan fingerprint density at radius 3 is 2.53 bits per heavy atom. The van der Waals surface area contributed by atoms with Crippen molar-refractivity contribution in [1.82, 2.24) is 0 Å². The van der Waals surface area contributed by atoms with Crippen molar-refractivity contribution in [2.75, 3.05) is 26.7 Å². The molecule has 0 radical (unpaired) electrons. The van der Waals surface area contributed by atoms with Crippen LogP contribution in [0.5, 0.6) is 0 Å². The molecular weight excluding hydrogens is 190 g/mol. The summed E-state index contributed by atoms with van der Waals surface area (Å²) in [6.45, 7) is 9.44. The first-order valence-electron chi connectivity index (χ1n) is 5.96. The molecule has 3 heteroatoms. The van der Waals surface area contributed by atoms with Gasteiger partial charge in [0.15, 0.2) is 0 Å². The Kier molecular flexibility index (Phi) is 3.77. The van der Waals surface area contributed by atoms with E-state index in [1.807, 2.05) is 0 Å². The Hall–Kier alpha value is -0.570. The first-order chi connectivity index (χ1) is 7.02. The van der Waals surface area contributed by atoms with E-state index in [0.29, 0.717) is 9.90 Å². The lowest BCUT2D eigenvalue weighted by molar-refractivity contribution is -0.848. The van der Waals surface area contributed by atoms with Crippen molar-refractivity contribution < 1.29 is 14.0 Å². The second-order valence-corrected chi connectivity index (χ2v) is 5.13. The predicted molar refractivity (Wildman–Crippen MR) is 60.6 cm³/mol. The van der Waals surface area contributed by atoms with Crippen LogP contribution in [0, 0.1) is 5.41 Å². The van der Waals surface area contributed by atoms with E-state index in [1.54, 1.807) is 0 Å². The number of quaternary nitrogens is 1. The molecule has 2 unspecified atom stereocenters. The molecule has 0 saturated carbocycles. The van der Waals surface area contributed by atoms with Gasteiger partial charge in [-0.25, -0.2) is 4.48 Å². The quantitative estimate of drug-likeness (QED) is 0.675. The molecule has 1 rings (SSSR count). The van der Waals surface area contributed by atoms with Gasteiger partial charge in [0, 0.05) is 11.8 Å². The molecular formula is C12H24NO2+. The van der Waals surface area contributed by atoms with Gasteiger partial charge in [0.2, 0.25) is 0 Å². The van der Waals surface area contributed by atoms with Crippen LogP contribution in [0.4, 0.5) is 4.79 Å². The number of amides is 1. The van der Waals surface area contributed by atoms with Gasteiger partial charge in [-0.2, -0.15) is 4.79 Å².